The third kappa shape index (κ3) is 5.17. The Labute approximate surface area is 206 Å². The molecule has 3 heterocycles. The number of para-hydroxylation sites is 2. The van der Waals surface area contributed by atoms with Crippen molar-refractivity contribution < 1.29 is 29.6 Å². The number of hydrogen-bond donors (Lipinski definition) is 0. The van der Waals surface area contributed by atoms with Crippen LogP contribution in [0.4, 0.5) is 0 Å². The van der Waals surface area contributed by atoms with E-state index in [9.17, 15) is 0 Å². The number of hydrogen-bond acceptors (Lipinski definition) is 4. The molecule has 2 aromatic heterocycles. The van der Waals surface area contributed by atoms with Gasteiger partial charge in [-0.3, -0.25) is 0 Å². The van der Waals surface area contributed by atoms with E-state index in [4.69, 9.17) is 9.47 Å². The molecule has 5 aromatic rings. The molecule has 0 saturated carbocycles. The zero-order chi connectivity index (χ0) is 21.6. The van der Waals surface area contributed by atoms with E-state index in [1.165, 1.54) is 0 Å². The Bertz CT molecular complexity index is 1280. The monoisotopic (exact) mass is 607 g/mol. The Morgan fingerprint density at radius 2 is 1.21 bits per heavy atom. The molecular weight excluding hydrogens is 589 g/mol. The second-order valence-corrected chi connectivity index (χ2v) is 6.90. The summed E-state index contributed by atoms with van der Waals surface area (Å²) >= 11 is 0. The van der Waals surface area contributed by atoms with Crippen molar-refractivity contribution in [2.45, 2.75) is 0 Å². The molecule has 3 aromatic carbocycles. The molecular formula is C28H18IrN2O2-2. The predicted octanol–water partition coefficient (Wildman–Crippen LogP) is 6.99. The first kappa shape index (κ1) is 22.4. The summed E-state index contributed by atoms with van der Waals surface area (Å²) in [4.78, 5) is 8.56. The van der Waals surface area contributed by atoms with Gasteiger partial charge in [0.1, 0.15) is 0 Å². The molecule has 0 fully saturated rings. The number of rotatable bonds is 2. The maximum atomic E-state index is 5.97. The molecule has 0 bridgehead atoms. The molecule has 1 aliphatic heterocycles. The molecule has 6 rings (SSSR count). The quantitative estimate of drug-likeness (QED) is 0.199. The van der Waals surface area contributed by atoms with Crippen LogP contribution in [0.15, 0.2) is 109 Å². The summed E-state index contributed by atoms with van der Waals surface area (Å²) in [5.41, 5.74) is 3.63. The van der Waals surface area contributed by atoms with Gasteiger partial charge in [0.2, 0.25) is 0 Å². The summed E-state index contributed by atoms with van der Waals surface area (Å²) in [6, 6.07) is 37.0. The van der Waals surface area contributed by atoms with Crippen molar-refractivity contribution in [1.82, 2.24) is 9.97 Å². The van der Waals surface area contributed by atoms with Crippen molar-refractivity contribution in [3.8, 4) is 45.5 Å². The van der Waals surface area contributed by atoms with Gasteiger partial charge in [0.25, 0.3) is 0 Å². The number of ether oxygens (including phenoxy) is 2. The molecule has 1 radical (unpaired) electrons. The summed E-state index contributed by atoms with van der Waals surface area (Å²) in [5, 5.41) is 0. The standard InChI is InChI=1S/C17H10NO2.C11H8N.Ir/c1-2-9-15-14(8-1)19-16-10-5-6-12(17(16)20-15)13-7-3-4-11-18-13;1-2-6-10(7-3-1)11-8-4-5-9-12-11;/h1-5,7-11H;1-6,8-9H;/q2*-1;. The average molecular weight is 607 g/mol. The Kier molecular flexibility index (Phi) is 7.25. The van der Waals surface area contributed by atoms with Crippen molar-refractivity contribution in [2.75, 3.05) is 0 Å². The van der Waals surface area contributed by atoms with Crippen LogP contribution in [-0.2, 0) is 20.1 Å². The van der Waals surface area contributed by atoms with Crippen LogP contribution in [0.25, 0.3) is 22.5 Å². The first-order valence-corrected chi connectivity index (χ1v) is 10.2. The molecule has 33 heavy (non-hydrogen) atoms. The molecule has 163 valence electrons. The molecule has 0 atom stereocenters. The van der Waals surface area contributed by atoms with Gasteiger partial charge in [0.15, 0.2) is 11.5 Å². The zero-order valence-electron chi connectivity index (χ0n) is 17.4. The number of nitrogens with zero attached hydrogens (tertiary/aromatic N) is 2. The summed E-state index contributed by atoms with van der Waals surface area (Å²) in [5.74, 6) is 2.77. The first-order chi connectivity index (χ1) is 15.9. The molecule has 0 spiro atoms. The average Bonchev–Trinajstić information content (AvgIpc) is 2.89. The molecule has 0 N–H and O–H groups in total. The third-order valence-corrected chi connectivity index (χ3v) is 4.77. The molecule has 1 aliphatic rings. The van der Waals surface area contributed by atoms with Crippen molar-refractivity contribution >= 4 is 0 Å². The molecule has 0 aliphatic carbocycles. The van der Waals surface area contributed by atoms with Crippen LogP contribution in [0.2, 0.25) is 0 Å². The van der Waals surface area contributed by atoms with Gasteiger partial charge in [-0.05, 0) is 35.7 Å². The number of pyridine rings is 2. The number of benzene rings is 3. The van der Waals surface area contributed by atoms with Crippen molar-refractivity contribution in [1.29, 1.82) is 0 Å². The summed E-state index contributed by atoms with van der Waals surface area (Å²) in [6.45, 7) is 0. The molecule has 0 saturated heterocycles. The fraction of sp³-hybridized carbons (Fsp3) is 0. The van der Waals surface area contributed by atoms with Gasteiger partial charge >= 0.3 is 0 Å². The van der Waals surface area contributed by atoms with Gasteiger partial charge in [-0.1, -0.05) is 48.0 Å². The SMILES string of the molecule is [Ir].[c-]1ccc2c(c1-c1ccccn1)Oc1ccccc1O2.[c-]1ccccc1-c1ccccn1. The van der Waals surface area contributed by atoms with E-state index in [0.717, 1.165) is 28.3 Å². The second kappa shape index (κ2) is 10.7. The van der Waals surface area contributed by atoms with E-state index < -0.39 is 0 Å². The van der Waals surface area contributed by atoms with Crippen molar-refractivity contribution in [3.05, 3.63) is 122 Å². The number of aromatic nitrogens is 2. The van der Waals surface area contributed by atoms with Crippen molar-refractivity contribution in [3.63, 3.8) is 0 Å². The Hall–Kier alpha value is -3.79. The van der Waals surface area contributed by atoms with Crippen LogP contribution in [0, 0.1) is 12.1 Å². The fourth-order valence-electron chi connectivity index (χ4n) is 3.27. The second-order valence-electron chi connectivity index (χ2n) is 6.90. The van der Waals surface area contributed by atoms with Crippen LogP contribution in [0.3, 0.4) is 0 Å². The van der Waals surface area contributed by atoms with Gasteiger partial charge in [-0.15, -0.1) is 48.0 Å². The molecule has 0 amide bonds. The minimum absolute atomic E-state index is 0. The Balaban J connectivity index is 0.000000172. The predicted molar refractivity (Wildman–Crippen MR) is 124 cm³/mol. The van der Waals surface area contributed by atoms with Crippen LogP contribution >= 0.6 is 0 Å². The van der Waals surface area contributed by atoms with Crippen LogP contribution in [0.5, 0.6) is 23.0 Å². The number of fused-ring (bicyclic) bond motifs is 2. The molecule has 0 unspecified atom stereocenters. The summed E-state index contributed by atoms with van der Waals surface area (Å²) in [6.07, 6.45) is 3.54. The fourth-order valence-corrected chi connectivity index (χ4v) is 3.27. The molecule has 5 heteroatoms. The maximum absolute atomic E-state index is 5.97. The largest absolute Gasteiger partial charge is 0.494 e. The van der Waals surface area contributed by atoms with E-state index in [-0.39, 0.29) is 20.1 Å². The zero-order valence-corrected chi connectivity index (χ0v) is 19.8. The minimum Gasteiger partial charge on any atom is -0.494 e. The van der Waals surface area contributed by atoms with Gasteiger partial charge < -0.3 is 19.4 Å². The Morgan fingerprint density at radius 1 is 0.545 bits per heavy atom. The minimum atomic E-state index is 0. The van der Waals surface area contributed by atoms with Gasteiger partial charge in [-0.25, -0.2) is 0 Å². The first-order valence-electron chi connectivity index (χ1n) is 10.2. The third-order valence-electron chi connectivity index (χ3n) is 4.77. The summed E-state index contributed by atoms with van der Waals surface area (Å²) < 4.78 is 11.8. The van der Waals surface area contributed by atoms with E-state index >= 15 is 0 Å². The maximum Gasteiger partial charge on any atom is 0.166 e. The van der Waals surface area contributed by atoms with Crippen LogP contribution in [-0.4, -0.2) is 9.97 Å². The van der Waals surface area contributed by atoms with E-state index in [2.05, 4.69) is 22.1 Å². The molecule has 4 nitrogen and oxygen atoms in total. The van der Waals surface area contributed by atoms with E-state index in [1.807, 2.05) is 97.1 Å². The normalized spacial score (nSPS) is 10.7. The van der Waals surface area contributed by atoms with Gasteiger partial charge in [0.05, 0.1) is 11.5 Å². The Morgan fingerprint density at radius 3 is 1.88 bits per heavy atom. The van der Waals surface area contributed by atoms with E-state index in [0.29, 0.717) is 17.2 Å². The van der Waals surface area contributed by atoms with E-state index in [1.54, 1.807) is 12.4 Å². The van der Waals surface area contributed by atoms with Crippen molar-refractivity contribution in [2.24, 2.45) is 0 Å². The van der Waals surface area contributed by atoms with Crippen LogP contribution < -0.4 is 9.47 Å². The van der Waals surface area contributed by atoms with Gasteiger partial charge in [0, 0.05) is 32.5 Å². The van der Waals surface area contributed by atoms with Gasteiger partial charge in [-0.2, -0.15) is 0 Å². The smallest absolute Gasteiger partial charge is 0.166 e. The topological polar surface area (TPSA) is 44.2 Å². The summed E-state index contributed by atoms with van der Waals surface area (Å²) in [7, 11) is 0. The van der Waals surface area contributed by atoms with Crippen LogP contribution in [0.1, 0.15) is 0 Å².